The van der Waals surface area contributed by atoms with Crippen LogP contribution in [-0.2, 0) is 10.0 Å². The predicted molar refractivity (Wildman–Crippen MR) is 96.3 cm³/mol. The number of hydrogen-bond acceptors (Lipinski definition) is 6. The molecular formula is C16H14N4O3S2. The molecule has 0 fully saturated rings. The van der Waals surface area contributed by atoms with Gasteiger partial charge in [-0.25, -0.2) is 8.42 Å². The fraction of sp³-hybridized carbons (Fsp3) is 0.0625. The van der Waals surface area contributed by atoms with Crippen molar-refractivity contribution in [1.29, 1.82) is 0 Å². The molecule has 2 aromatic carbocycles. The van der Waals surface area contributed by atoms with Crippen molar-refractivity contribution in [2.24, 2.45) is 0 Å². The van der Waals surface area contributed by atoms with E-state index in [9.17, 15) is 13.2 Å². The summed E-state index contributed by atoms with van der Waals surface area (Å²) in [6, 6.07) is 14.3. The molecule has 1 amide bonds. The van der Waals surface area contributed by atoms with E-state index in [1.165, 1.54) is 35.6 Å². The molecule has 128 valence electrons. The molecule has 25 heavy (non-hydrogen) atoms. The Balaban J connectivity index is 1.82. The average Bonchev–Trinajstić information content (AvgIpc) is 3.00. The van der Waals surface area contributed by atoms with Crippen molar-refractivity contribution in [3.8, 4) is 0 Å². The fourth-order valence-electron chi connectivity index (χ4n) is 2.04. The summed E-state index contributed by atoms with van der Waals surface area (Å²) in [7, 11) is -3.79. The summed E-state index contributed by atoms with van der Waals surface area (Å²) in [6.45, 7) is 1.77. The minimum Gasteiger partial charge on any atom is -0.296 e. The lowest BCUT2D eigenvalue weighted by atomic mass is 10.2. The van der Waals surface area contributed by atoms with Gasteiger partial charge in [-0.1, -0.05) is 35.6 Å². The van der Waals surface area contributed by atoms with Crippen molar-refractivity contribution in [3.63, 3.8) is 0 Å². The minimum absolute atomic E-state index is 0.00236. The summed E-state index contributed by atoms with van der Waals surface area (Å²) < 4.78 is 27.4. The van der Waals surface area contributed by atoms with Gasteiger partial charge in [-0.05, 0) is 37.3 Å². The molecule has 9 heteroatoms. The predicted octanol–water partition coefficient (Wildman–Crippen LogP) is 2.90. The highest BCUT2D eigenvalue weighted by molar-refractivity contribution is 7.92. The first kappa shape index (κ1) is 17.1. The third kappa shape index (κ3) is 4.20. The number of amides is 1. The van der Waals surface area contributed by atoms with Gasteiger partial charge in [-0.2, -0.15) is 0 Å². The van der Waals surface area contributed by atoms with E-state index in [-0.39, 0.29) is 10.5 Å². The van der Waals surface area contributed by atoms with Crippen LogP contribution in [0.25, 0.3) is 0 Å². The normalized spacial score (nSPS) is 11.1. The molecule has 0 bridgehead atoms. The molecule has 0 saturated carbocycles. The van der Waals surface area contributed by atoms with E-state index in [0.29, 0.717) is 10.8 Å². The van der Waals surface area contributed by atoms with Gasteiger partial charge in [0.1, 0.15) is 5.01 Å². The molecule has 3 rings (SSSR count). The molecule has 0 atom stereocenters. The third-order valence-corrected chi connectivity index (χ3v) is 5.31. The lowest BCUT2D eigenvalue weighted by molar-refractivity contribution is 0.102. The summed E-state index contributed by atoms with van der Waals surface area (Å²) in [5, 5.41) is 11.3. The SMILES string of the molecule is Cc1nnc(NC(=O)c2cccc(S(=O)(=O)Nc3ccccc3)c2)s1. The molecule has 0 spiro atoms. The van der Waals surface area contributed by atoms with Gasteiger partial charge in [-0.3, -0.25) is 14.8 Å². The van der Waals surface area contributed by atoms with Gasteiger partial charge in [0.05, 0.1) is 4.90 Å². The van der Waals surface area contributed by atoms with Crippen molar-refractivity contribution in [1.82, 2.24) is 10.2 Å². The number of anilines is 2. The van der Waals surface area contributed by atoms with E-state index in [1.807, 2.05) is 0 Å². The van der Waals surface area contributed by atoms with Crippen LogP contribution >= 0.6 is 11.3 Å². The molecule has 0 unspecified atom stereocenters. The van der Waals surface area contributed by atoms with Crippen molar-refractivity contribution in [2.45, 2.75) is 11.8 Å². The Kier molecular flexibility index (Phi) is 4.77. The van der Waals surface area contributed by atoms with Gasteiger partial charge in [0.15, 0.2) is 0 Å². The Labute approximate surface area is 148 Å². The number of rotatable bonds is 5. The Morgan fingerprint density at radius 2 is 1.80 bits per heavy atom. The smallest absolute Gasteiger partial charge is 0.261 e. The standard InChI is InChI=1S/C16H14N4O3S2/c1-11-18-19-16(24-11)17-15(21)12-6-5-9-14(10-12)25(22,23)20-13-7-3-2-4-8-13/h2-10,20H,1H3,(H,17,19,21). The first-order valence-corrected chi connectivity index (χ1v) is 9.53. The van der Waals surface area contributed by atoms with Gasteiger partial charge in [0.2, 0.25) is 5.13 Å². The van der Waals surface area contributed by atoms with E-state index in [4.69, 9.17) is 0 Å². The van der Waals surface area contributed by atoms with Crippen LogP contribution in [0.1, 0.15) is 15.4 Å². The van der Waals surface area contributed by atoms with Gasteiger partial charge >= 0.3 is 0 Å². The van der Waals surface area contributed by atoms with Gasteiger partial charge < -0.3 is 0 Å². The van der Waals surface area contributed by atoms with E-state index in [2.05, 4.69) is 20.2 Å². The number of sulfonamides is 1. The molecule has 0 saturated heterocycles. The number of nitrogens with zero attached hydrogens (tertiary/aromatic N) is 2. The summed E-state index contributed by atoms with van der Waals surface area (Å²) in [6.07, 6.45) is 0. The second-order valence-electron chi connectivity index (χ2n) is 5.08. The zero-order chi connectivity index (χ0) is 17.9. The van der Waals surface area contributed by atoms with Crippen molar-refractivity contribution in [2.75, 3.05) is 10.0 Å². The molecule has 2 N–H and O–H groups in total. The zero-order valence-electron chi connectivity index (χ0n) is 13.1. The van der Waals surface area contributed by atoms with E-state index in [0.717, 1.165) is 5.01 Å². The number of nitrogens with one attached hydrogen (secondary N) is 2. The molecule has 0 aliphatic heterocycles. The molecule has 3 aromatic rings. The number of benzene rings is 2. The summed E-state index contributed by atoms with van der Waals surface area (Å²) in [5.74, 6) is -0.451. The Bertz CT molecular complexity index is 1000. The second kappa shape index (κ2) is 6.99. The monoisotopic (exact) mass is 374 g/mol. The number of carbonyl (C=O) groups excluding carboxylic acids is 1. The zero-order valence-corrected chi connectivity index (χ0v) is 14.8. The van der Waals surface area contributed by atoms with Crippen molar-refractivity contribution < 1.29 is 13.2 Å². The van der Waals surface area contributed by atoms with Gasteiger partial charge in [0, 0.05) is 11.3 Å². The Morgan fingerprint density at radius 1 is 1.04 bits per heavy atom. The lowest BCUT2D eigenvalue weighted by Gasteiger charge is -2.09. The molecule has 1 aromatic heterocycles. The van der Waals surface area contributed by atoms with Crippen LogP contribution in [0.3, 0.4) is 0 Å². The maximum Gasteiger partial charge on any atom is 0.261 e. The first-order valence-electron chi connectivity index (χ1n) is 7.23. The van der Waals surface area contributed by atoms with Gasteiger partial charge in [0.25, 0.3) is 15.9 Å². The Hall–Kier alpha value is -2.78. The quantitative estimate of drug-likeness (QED) is 0.715. The van der Waals surface area contributed by atoms with Crippen LogP contribution < -0.4 is 10.0 Å². The van der Waals surface area contributed by atoms with Crippen LogP contribution in [0.5, 0.6) is 0 Å². The van der Waals surface area contributed by atoms with Gasteiger partial charge in [-0.15, -0.1) is 10.2 Å². The first-order chi connectivity index (χ1) is 11.9. The fourth-order valence-corrected chi connectivity index (χ4v) is 3.73. The van der Waals surface area contributed by atoms with Crippen LogP contribution in [0.4, 0.5) is 10.8 Å². The van der Waals surface area contributed by atoms with E-state index in [1.54, 1.807) is 37.3 Å². The molecular weight excluding hydrogens is 360 g/mol. The maximum absolute atomic E-state index is 12.5. The summed E-state index contributed by atoms with van der Waals surface area (Å²) >= 11 is 1.24. The Morgan fingerprint density at radius 3 is 2.48 bits per heavy atom. The second-order valence-corrected chi connectivity index (χ2v) is 7.94. The summed E-state index contributed by atoms with van der Waals surface area (Å²) in [4.78, 5) is 12.3. The highest BCUT2D eigenvalue weighted by Gasteiger charge is 2.17. The van der Waals surface area contributed by atoms with Crippen molar-refractivity contribution in [3.05, 3.63) is 65.2 Å². The topological polar surface area (TPSA) is 101 Å². The number of carbonyl (C=O) groups is 1. The van der Waals surface area contributed by atoms with Crippen LogP contribution in [0.15, 0.2) is 59.5 Å². The lowest BCUT2D eigenvalue weighted by Crippen LogP contribution is -2.15. The van der Waals surface area contributed by atoms with Crippen LogP contribution in [0.2, 0.25) is 0 Å². The third-order valence-electron chi connectivity index (χ3n) is 3.18. The van der Waals surface area contributed by atoms with E-state index >= 15 is 0 Å². The molecule has 7 nitrogen and oxygen atoms in total. The highest BCUT2D eigenvalue weighted by atomic mass is 32.2. The van der Waals surface area contributed by atoms with Crippen LogP contribution in [-0.4, -0.2) is 24.5 Å². The summed E-state index contributed by atoms with van der Waals surface area (Å²) in [5.41, 5.74) is 0.658. The van der Waals surface area contributed by atoms with Crippen molar-refractivity contribution >= 4 is 38.1 Å². The van der Waals surface area contributed by atoms with Crippen LogP contribution in [0, 0.1) is 6.92 Å². The molecule has 0 radical (unpaired) electrons. The molecule has 1 heterocycles. The molecule has 0 aliphatic carbocycles. The minimum atomic E-state index is -3.79. The van der Waals surface area contributed by atoms with E-state index < -0.39 is 15.9 Å². The average molecular weight is 374 g/mol. The molecule has 0 aliphatic rings. The number of aryl methyl sites for hydroxylation is 1. The highest BCUT2D eigenvalue weighted by Crippen LogP contribution is 2.19. The number of para-hydroxylation sites is 1. The number of hydrogen-bond donors (Lipinski definition) is 2. The largest absolute Gasteiger partial charge is 0.296 e. The number of aromatic nitrogens is 2. The maximum atomic E-state index is 12.5.